The Kier molecular flexibility index (Phi) is 5.49. The lowest BCUT2D eigenvalue weighted by Crippen LogP contribution is -2.21. The minimum absolute atomic E-state index is 0.0525. The number of ether oxygens (including phenoxy) is 4. The molecule has 3 N–H and O–H groups in total. The van der Waals surface area contributed by atoms with Gasteiger partial charge in [0, 0.05) is 29.3 Å². The topological polar surface area (TPSA) is 159 Å². The zero-order valence-electron chi connectivity index (χ0n) is 17.9. The first-order valence-corrected chi connectivity index (χ1v) is 9.64. The van der Waals surface area contributed by atoms with E-state index in [1.54, 1.807) is 24.3 Å². The molecule has 1 aromatic heterocycles. The number of aromatic amines is 1. The maximum absolute atomic E-state index is 11.0. The fraction of sp³-hybridized carbons (Fsp3) is 0.182. The number of rotatable bonds is 6. The molecule has 0 amide bonds. The van der Waals surface area contributed by atoms with Crippen molar-refractivity contribution < 1.29 is 23.9 Å². The third kappa shape index (κ3) is 3.53. The Morgan fingerprint density at radius 2 is 1.76 bits per heavy atom. The number of aromatic nitrogens is 2. The number of nitrogens with two attached hydrogens (primary N) is 1. The normalized spacial score (nSPS) is 14.7. The summed E-state index contributed by atoms with van der Waals surface area (Å²) in [7, 11) is 4.50. The average Bonchev–Trinajstić information content (AvgIpc) is 3.25. The smallest absolute Gasteiger partial charge is 0.269 e. The van der Waals surface area contributed by atoms with Gasteiger partial charge >= 0.3 is 0 Å². The zero-order chi connectivity index (χ0) is 23.7. The molecule has 0 saturated heterocycles. The van der Waals surface area contributed by atoms with Gasteiger partial charge in [0.25, 0.3) is 5.69 Å². The van der Waals surface area contributed by atoms with Gasteiger partial charge in [0.1, 0.15) is 17.4 Å². The number of nitriles is 1. The van der Waals surface area contributed by atoms with Gasteiger partial charge in [-0.2, -0.15) is 5.26 Å². The number of methoxy groups -OCH3 is 3. The van der Waals surface area contributed by atoms with Gasteiger partial charge in [0.15, 0.2) is 11.5 Å². The number of benzene rings is 2. The Balaban J connectivity index is 1.96. The van der Waals surface area contributed by atoms with Crippen molar-refractivity contribution in [1.82, 2.24) is 10.2 Å². The maximum atomic E-state index is 11.0. The zero-order valence-corrected chi connectivity index (χ0v) is 17.9. The number of non-ortho nitro benzene ring substituents is 1. The van der Waals surface area contributed by atoms with E-state index in [1.165, 1.54) is 33.5 Å². The van der Waals surface area contributed by atoms with Crippen molar-refractivity contribution in [2.45, 2.75) is 5.92 Å². The quantitative estimate of drug-likeness (QED) is 0.425. The second-order valence-electron chi connectivity index (χ2n) is 7.00. The molecule has 168 valence electrons. The lowest BCUT2D eigenvalue weighted by atomic mass is 9.82. The van der Waals surface area contributed by atoms with E-state index in [0.717, 1.165) is 0 Å². The summed E-state index contributed by atoms with van der Waals surface area (Å²) in [6, 6.07) is 11.4. The maximum Gasteiger partial charge on any atom is 0.269 e. The molecule has 0 fully saturated rings. The molecule has 33 heavy (non-hydrogen) atoms. The minimum Gasteiger partial charge on any atom is -0.496 e. The summed E-state index contributed by atoms with van der Waals surface area (Å²) in [5.74, 6) is 0.677. The molecular weight excluding hydrogens is 430 g/mol. The second kappa shape index (κ2) is 8.43. The van der Waals surface area contributed by atoms with Gasteiger partial charge < -0.3 is 24.7 Å². The Labute approximate surface area is 188 Å². The van der Waals surface area contributed by atoms with E-state index < -0.39 is 10.8 Å². The Morgan fingerprint density at radius 1 is 1.12 bits per heavy atom. The first-order valence-electron chi connectivity index (χ1n) is 9.64. The molecule has 1 aliphatic heterocycles. The van der Waals surface area contributed by atoms with Crippen LogP contribution in [-0.2, 0) is 0 Å². The van der Waals surface area contributed by atoms with Crippen LogP contribution in [-0.4, -0.2) is 36.5 Å². The van der Waals surface area contributed by atoms with Crippen molar-refractivity contribution in [2.75, 3.05) is 21.3 Å². The molecule has 1 atom stereocenters. The number of nitrogens with zero attached hydrogens (tertiary/aromatic N) is 3. The molecule has 0 radical (unpaired) electrons. The number of allylic oxidation sites excluding steroid dienone is 1. The monoisotopic (exact) mass is 449 g/mol. The number of nitro benzene ring substituents is 1. The highest BCUT2D eigenvalue weighted by Crippen LogP contribution is 2.50. The summed E-state index contributed by atoms with van der Waals surface area (Å²) in [5, 5.41) is 28.1. The summed E-state index contributed by atoms with van der Waals surface area (Å²) in [5.41, 5.74) is 8.39. The molecule has 4 rings (SSSR count). The van der Waals surface area contributed by atoms with E-state index in [9.17, 15) is 15.4 Å². The van der Waals surface area contributed by atoms with Crippen molar-refractivity contribution in [3.63, 3.8) is 0 Å². The number of nitro groups is 1. The van der Waals surface area contributed by atoms with Gasteiger partial charge in [0.05, 0.1) is 43.4 Å². The van der Waals surface area contributed by atoms with Gasteiger partial charge in [-0.3, -0.25) is 15.2 Å². The van der Waals surface area contributed by atoms with Gasteiger partial charge in [-0.25, -0.2) is 0 Å². The molecule has 0 spiro atoms. The van der Waals surface area contributed by atoms with E-state index >= 15 is 0 Å². The van der Waals surface area contributed by atoms with Crippen LogP contribution in [0.25, 0.3) is 11.3 Å². The van der Waals surface area contributed by atoms with E-state index in [4.69, 9.17) is 24.7 Å². The van der Waals surface area contributed by atoms with Gasteiger partial charge in [-0.05, 0) is 18.2 Å². The highest BCUT2D eigenvalue weighted by atomic mass is 16.6. The molecule has 1 aliphatic rings. The average molecular weight is 449 g/mol. The van der Waals surface area contributed by atoms with E-state index in [1.807, 2.05) is 0 Å². The summed E-state index contributed by atoms with van der Waals surface area (Å²) in [4.78, 5) is 10.6. The number of hydrogen-bond donors (Lipinski definition) is 2. The predicted molar refractivity (Wildman–Crippen MR) is 116 cm³/mol. The summed E-state index contributed by atoms with van der Waals surface area (Å²) in [6.07, 6.45) is 0. The number of hydrogen-bond acceptors (Lipinski definition) is 9. The Bertz CT molecular complexity index is 1310. The van der Waals surface area contributed by atoms with Crippen LogP contribution in [0.15, 0.2) is 47.9 Å². The third-order valence-electron chi connectivity index (χ3n) is 5.35. The molecule has 0 saturated carbocycles. The summed E-state index contributed by atoms with van der Waals surface area (Å²) in [6.45, 7) is 0. The fourth-order valence-corrected chi connectivity index (χ4v) is 3.80. The van der Waals surface area contributed by atoms with E-state index in [-0.39, 0.29) is 23.0 Å². The van der Waals surface area contributed by atoms with Gasteiger partial charge in [-0.15, -0.1) is 5.10 Å². The largest absolute Gasteiger partial charge is 0.496 e. The number of nitrogens with one attached hydrogen (secondary N) is 1. The van der Waals surface area contributed by atoms with Crippen LogP contribution in [0, 0.1) is 21.4 Å². The van der Waals surface area contributed by atoms with Gasteiger partial charge in [-0.1, -0.05) is 0 Å². The Morgan fingerprint density at radius 3 is 2.33 bits per heavy atom. The van der Waals surface area contributed by atoms with Crippen molar-refractivity contribution in [2.24, 2.45) is 5.73 Å². The van der Waals surface area contributed by atoms with Crippen LogP contribution in [0.4, 0.5) is 5.69 Å². The van der Waals surface area contributed by atoms with Crippen LogP contribution in [0.3, 0.4) is 0 Å². The van der Waals surface area contributed by atoms with Crippen LogP contribution in [0.5, 0.6) is 23.1 Å². The van der Waals surface area contributed by atoms with Gasteiger partial charge in [0.2, 0.25) is 11.8 Å². The van der Waals surface area contributed by atoms with Crippen LogP contribution < -0.4 is 24.7 Å². The summed E-state index contributed by atoms with van der Waals surface area (Å²) >= 11 is 0. The first-order chi connectivity index (χ1) is 15.9. The molecule has 2 heterocycles. The molecule has 0 bridgehead atoms. The molecule has 0 aliphatic carbocycles. The van der Waals surface area contributed by atoms with Crippen LogP contribution in [0.2, 0.25) is 0 Å². The fourth-order valence-electron chi connectivity index (χ4n) is 3.80. The molecule has 11 nitrogen and oxygen atoms in total. The molecule has 3 aromatic rings. The number of fused-ring (bicyclic) bond motifs is 1. The molecular formula is C22H19N5O6. The standard InChI is InChI=1S/C22H19N5O6/c1-30-15-9-17(32-3)16(31-2)8-13(15)18-14(10-23)21(24)33-22-19(18)20(25-26-22)11-4-6-12(7-5-11)27(28)29/h4-9,18H,24H2,1-3H3,(H,25,26)/t18-/m0/s1. The number of H-pyrrole nitrogens is 1. The molecule has 11 heteroatoms. The van der Waals surface area contributed by atoms with Crippen molar-refractivity contribution in [3.05, 3.63) is 69.1 Å². The minimum atomic E-state index is -0.725. The van der Waals surface area contributed by atoms with Crippen molar-refractivity contribution >= 4 is 5.69 Å². The molecule has 0 unspecified atom stereocenters. The van der Waals surface area contributed by atoms with Crippen LogP contribution >= 0.6 is 0 Å². The highest BCUT2D eigenvalue weighted by molar-refractivity contribution is 5.73. The Hall–Kier alpha value is -4.72. The predicted octanol–water partition coefficient (Wildman–Crippen LogP) is 3.23. The lowest BCUT2D eigenvalue weighted by molar-refractivity contribution is -0.384. The second-order valence-corrected chi connectivity index (χ2v) is 7.00. The van der Waals surface area contributed by atoms with E-state index in [0.29, 0.717) is 39.6 Å². The van der Waals surface area contributed by atoms with Crippen molar-refractivity contribution in [3.8, 4) is 40.5 Å². The van der Waals surface area contributed by atoms with E-state index in [2.05, 4.69) is 16.3 Å². The van der Waals surface area contributed by atoms with Crippen molar-refractivity contribution in [1.29, 1.82) is 5.26 Å². The lowest BCUT2D eigenvalue weighted by Gasteiger charge is -2.26. The van der Waals surface area contributed by atoms with Crippen LogP contribution in [0.1, 0.15) is 17.0 Å². The third-order valence-corrected chi connectivity index (χ3v) is 5.35. The first kappa shape index (κ1) is 21.5. The summed E-state index contributed by atoms with van der Waals surface area (Å²) < 4.78 is 22.0. The highest BCUT2D eigenvalue weighted by Gasteiger charge is 2.38. The molecule has 2 aromatic carbocycles. The SMILES string of the molecule is COc1cc(OC)c([C@H]2C(C#N)=C(N)Oc3n[nH]c(-c4ccc([N+](=O)[O-])cc4)c32)cc1OC.